The van der Waals surface area contributed by atoms with Crippen LogP contribution in [0.15, 0.2) is 54.6 Å². The summed E-state index contributed by atoms with van der Waals surface area (Å²) in [5.74, 6) is -0.0542. The molecule has 1 unspecified atom stereocenters. The second-order valence-corrected chi connectivity index (χ2v) is 6.50. The molecular formula is C20H25N2O+. The average molecular weight is 309 g/mol. The van der Waals surface area contributed by atoms with E-state index in [9.17, 15) is 4.79 Å². The van der Waals surface area contributed by atoms with Crippen LogP contribution in [0, 0.1) is 0 Å². The first-order valence-electron chi connectivity index (χ1n) is 8.52. The van der Waals surface area contributed by atoms with Crippen LogP contribution >= 0.6 is 0 Å². The second kappa shape index (κ2) is 7.42. The van der Waals surface area contributed by atoms with Gasteiger partial charge in [0.2, 0.25) is 0 Å². The number of rotatable bonds is 4. The maximum Gasteiger partial charge on any atom is 0.255 e. The fourth-order valence-corrected chi connectivity index (χ4v) is 3.28. The van der Waals surface area contributed by atoms with E-state index in [0.29, 0.717) is 5.56 Å². The lowest BCUT2D eigenvalue weighted by Crippen LogP contribution is -3.14. The van der Waals surface area contributed by atoms with Crippen LogP contribution in [0.2, 0.25) is 0 Å². The quantitative estimate of drug-likeness (QED) is 0.894. The van der Waals surface area contributed by atoms with Gasteiger partial charge in [0, 0.05) is 16.8 Å². The van der Waals surface area contributed by atoms with Crippen molar-refractivity contribution in [3.05, 3.63) is 65.7 Å². The molecule has 3 heteroatoms. The van der Waals surface area contributed by atoms with E-state index < -0.39 is 0 Å². The van der Waals surface area contributed by atoms with Crippen molar-refractivity contribution >= 4 is 11.6 Å². The van der Waals surface area contributed by atoms with Gasteiger partial charge in [-0.15, -0.1) is 0 Å². The normalized spacial score (nSPS) is 20.9. The number of carbonyl (C=O) groups excluding carboxylic acids is 1. The van der Waals surface area contributed by atoms with Crippen molar-refractivity contribution in [1.29, 1.82) is 0 Å². The third kappa shape index (κ3) is 4.20. The largest absolute Gasteiger partial charge is 0.329 e. The van der Waals surface area contributed by atoms with Gasteiger partial charge in [0.25, 0.3) is 5.91 Å². The molecule has 1 amide bonds. The molecule has 1 heterocycles. The molecule has 2 aromatic rings. The molecular weight excluding hydrogens is 284 g/mol. The highest BCUT2D eigenvalue weighted by Crippen LogP contribution is 2.10. The number of quaternary nitrogens is 1. The molecule has 1 saturated heterocycles. The van der Waals surface area contributed by atoms with Crippen LogP contribution in [0.4, 0.5) is 5.69 Å². The highest BCUT2D eigenvalue weighted by molar-refractivity contribution is 6.04. The number of benzene rings is 2. The van der Waals surface area contributed by atoms with E-state index in [1.165, 1.54) is 31.4 Å². The van der Waals surface area contributed by atoms with Gasteiger partial charge in [0.15, 0.2) is 0 Å². The second-order valence-electron chi connectivity index (χ2n) is 6.50. The zero-order valence-electron chi connectivity index (χ0n) is 13.7. The fourth-order valence-electron chi connectivity index (χ4n) is 3.28. The highest BCUT2D eigenvalue weighted by Gasteiger charge is 2.21. The Balaban J connectivity index is 1.61. The molecule has 3 rings (SSSR count). The van der Waals surface area contributed by atoms with Crippen LogP contribution in [-0.2, 0) is 6.54 Å². The van der Waals surface area contributed by atoms with Crippen molar-refractivity contribution in [2.75, 3.05) is 11.9 Å². The van der Waals surface area contributed by atoms with Gasteiger partial charge in [-0.1, -0.05) is 30.3 Å². The Hall–Kier alpha value is -2.13. The summed E-state index contributed by atoms with van der Waals surface area (Å²) in [5, 5.41) is 2.92. The lowest BCUT2D eigenvalue weighted by molar-refractivity contribution is -0.941. The summed E-state index contributed by atoms with van der Waals surface area (Å²) in [4.78, 5) is 13.9. The van der Waals surface area contributed by atoms with Crippen LogP contribution in [0.3, 0.4) is 0 Å². The number of likely N-dealkylation sites (tertiary alicyclic amines) is 1. The number of hydrogen-bond donors (Lipinski definition) is 2. The Morgan fingerprint density at radius 1 is 1.09 bits per heavy atom. The van der Waals surface area contributed by atoms with E-state index >= 15 is 0 Å². The van der Waals surface area contributed by atoms with E-state index in [4.69, 9.17) is 0 Å². The molecule has 0 bridgehead atoms. The van der Waals surface area contributed by atoms with Crippen LogP contribution < -0.4 is 10.2 Å². The molecule has 23 heavy (non-hydrogen) atoms. The molecule has 0 radical (unpaired) electrons. The summed E-state index contributed by atoms with van der Waals surface area (Å²) in [5.41, 5.74) is 2.84. The molecule has 3 nitrogen and oxygen atoms in total. The molecule has 0 spiro atoms. The zero-order chi connectivity index (χ0) is 16.1. The molecule has 1 aliphatic rings. The van der Waals surface area contributed by atoms with Crippen molar-refractivity contribution in [3.63, 3.8) is 0 Å². The summed E-state index contributed by atoms with van der Waals surface area (Å²) in [6.07, 6.45) is 4.02. The summed E-state index contributed by atoms with van der Waals surface area (Å²) in [6.45, 7) is 4.66. The summed E-state index contributed by atoms with van der Waals surface area (Å²) < 4.78 is 0. The van der Waals surface area contributed by atoms with Crippen LogP contribution in [-0.4, -0.2) is 18.5 Å². The van der Waals surface area contributed by atoms with E-state index in [1.807, 2.05) is 42.5 Å². The molecule has 0 aliphatic carbocycles. The molecule has 2 atom stereocenters. The molecule has 2 aromatic carbocycles. The van der Waals surface area contributed by atoms with Crippen molar-refractivity contribution in [2.45, 2.75) is 38.8 Å². The lowest BCUT2D eigenvalue weighted by Gasteiger charge is -2.30. The smallest absolute Gasteiger partial charge is 0.255 e. The fraction of sp³-hybridized carbons (Fsp3) is 0.350. The maximum atomic E-state index is 12.3. The van der Waals surface area contributed by atoms with Crippen molar-refractivity contribution in [2.24, 2.45) is 0 Å². The number of amides is 1. The van der Waals surface area contributed by atoms with Gasteiger partial charge in [0.05, 0.1) is 12.6 Å². The molecule has 2 N–H and O–H groups in total. The van der Waals surface area contributed by atoms with Crippen LogP contribution in [0.1, 0.15) is 42.1 Å². The van der Waals surface area contributed by atoms with Crippen molar-refractivity contribution in [3.8, 4) is 0 Å². The standard InChI is InChI=1S/C20H24N2O/c1-16-7-5-6-14-22(16)15-17-10-12-18(13-11-17)20(23)21-19-8-3-2-4-9-19/h2-4,8-13,16H,5-7,14-15H2,1H3,(H,21,23)/p+1/t16-/m1/s1. The van der Waals surface area contributed by atoms with Gasteiger partial charge in [0.1, 0.15) is 6.54 Å². The van der Waals surface area contributed by atoms with Gasteiger partial charge < -0.3 is 10.2 Å². The molecule has 1 aliphatic heterocycles. The number of nitrogens with one attached hydrogen (secondary N) is 2. The van der Waals surface area contributed by atoms with Crippen molar-refractivity contribution < 1.29 is 9.69 Å². The van der Waals surface area contributed by atoms with Crippen molar-refractivity contribution in [1.82, 2.24) is 0 Å². The molecule has 1 fully saturated rings. The van der Waals surface area contributed by atoms with Gasteiger partial charge in [-0.25, -0.2) is 0 Å². The van der Waals surface area contributed by atoms with Gasteiger partial charge in [-0.2, -0.15) is 0 Å². The van der Waals surface area contributed by atoms with E-state index in [0.717, 1.165) is 18.3 Å². The highest BCUT2D eigenvalue weighted by atomic mass is 16.1. The topological polar surface area (TPSA) is 33.5 Å². The third-order valence-corrected chi connectivity index (χ3v) is 4.76. The average Bonchev–Trinajstić information content (AvgIpc) is 2.58. The molecule has 0 saturated carbocycles. The summed E-state index contributed by atoms with van der Waals surface area (Å²) >= 11 is 0. The Bertz CT molecular complexity index is 636. The maximum absolute atomic E-state index is 12.3. The Kier molecular flexibility index (Phi) is 5.09. The summed E-state index contributed by atoms with van der Waals surface area (Å²) in [7, 11) is 0. The minimum Gasteiger partial charge on any atom is -0.329 e. The van der Waals surface area contributed by atoms with E-state index in [-0.39, 0.29) is 5.91 Å². The summed E-state index contributed by atoms with van der Waals surface area (Å²) in [6, 6.07) is 18.4. The predicted octanol–water partition coefficient (Wildman–Crippen LogP) is 2.90. The van der Waals surface area contributed by atoms with E-state index in [1.54, 1.807) is 4.90 Å². The Morgan fingerprint density at radius 3 is 2.52 bits per heavy atom. The molecule has 120 valence electrons. The number of para-hydroxylation sites is 1. The zero-order valence-corrected chi connectivity index (χ0v) is 13.7. The van der Waals surface area contributed by atoms with E-state index in [2.05, 4.69) is 24.4 Å². The first-order chi connectivity index (χ1) is 11.2. The minimum absolute atomic E-state index is 0.0542. The minimum atomic E-state index is -0.0542. The first kappa shape index (κ1) is 15.8. The SMILES string of the molecule is C[C@@H]1CCCC[NH+]1Cc1ccc(C(=O)Nc2ccccc2)cc1. The number of piperidine rings is 1. The Labute approximate surface area is 138 Å². The predicted molar refractivity (Wildman–Crippen MR) is 93.7 cm³/mol. The van der Waals surface area contributed by atoms with Gasteiger partial charge >= 0.3 is 0 Å². The number of hydrogen-bond acceptors (Lipinski definition) is 1. The third-order valence-electron chi connectivity index (χ3n) is 4.76. The molecule has 0 aromatic heterocycles. The first-order valence-corrected chi connectivity index (χ1v) is 8.52. The van der Waals surface area contributed by atoms with Crippen LogP contribution in [0.25, 0.3) is 0 Å². The van der Waals surface area contributed by atoms with Gasteiger partial charge in [-0.05, 0) is 50.5 Å². The monoisotopic (exact) mass is 309 g/mol. The Morgan fingerprint density at radius 2 is 1.83 bits per heavy atom. The lowest BCUT2D eigenvalue weighted by atomic mass is 10.0. The number of anilines is 1. The number of carbonyl (C=O) groups is 1. The van der Waals surface area contributed by atoms with Gasteiger partial charge in [-0.3, -0.25) is 4.79 Å². The van der Waals surface area contributed by atoms with Crippen LogP contribution in [0.5, 0.6) is 0 Å².